The first-order valence-electron chi connectivity index (χ1n) is 15.5. The van der Waals surface area contributed by atoms with Gasteiger partial charge < -0.3 is 28.4 Å². The van der Waals surface area contributed by atoms with Gasteiger partial charge in [0.05, 0.1) is 63.4 Å². The Morgan fingerprint density at radius 2 is 0.953 bits per heavy atom. The Hall–Kier alpha value is -3.84. The smallest absolute Gasteiger partial charge is 0.119 e. The van der Waals surface area contributed by atoms with Crippen molar-refractivity contribution < 1.29 is 28.4 Å². The fourth-order valence-corrected chi connectivity index (χ4v) is 6.37. The molecule has 3 saturated heterocycles. The largest absolute Gasteiger partial charge is 0.493 e. The van der Waals surface area contributed by atoms with Crippen LogP contribution in [0, 0.1) is 0 Å². The van der Waals surface area contributed by atoms with Crippen LogP contribution < -0.4 is 14.2 Å². The number of epoxide rings is 3. The topological polar surface area (TPSA) is 65.3 Å². The average molecular weight is 577 g/mol. The van der Waals surface area contributed by atoms with Crippen molar-refractivity contribution in [1.29, 1.82) is 0 Å². The molecule has 0 N–H and O–H groups in total. The van der Waals surface area contributed by atoms with Crippen molar-refractivity contribution in [1.82, 2.24) is 0 Å². The van der Waals surface area contributed by atoms with E-state index < -0.39 is 5.41 Å². The van der Waals surface area contributed by atoms with Gasteiger partial charge in [0.25, 0.3) is 0 Å². The lowest BCUT2D eigenvalue weighted by molar-refractivity contribution is 0.283. The van der Waals surface area contributed by atoms with Crippen molar-refractivity contribution in [2.45, 2.75) is 43.0 Å². The minimum atomic E-state index is -0.507. The lowest BCUT2D eigenvalue weighted by Gasteiger charge is -2.34. The van der Waals surface area contributed by atoms with Crippen molar-refractivity contribution >= 4 is 0 Å². The highest BCUT2D eigenvalue weighted by Crippen LogP contribution is 2.57. The first kappa shape index (κ1) is 26.8. The molecule has 6 heteroatoms. The zero-order valence-corrected chi connectivity index (χ0v) is 24.2. The zero-order chi connectivity index (χ0) is 28.6. The van der Waals surface area contributed by atoms with E-state index in [4.69, 9.17) is 28.4 Å². The zero-order valence-electron chi connectivity index (χ0n) is 24.2. The van der Waals surface area contributed by atoms with E-state index in [1.54, 1.807) is 0 Å². The van der Waals surface area contributed by atoms with Gasteiger partial charge >= 0.3 is 0 Å². The summed E-state index contributed by atoms with van der Waals surface area (Å²) in [5.74, 6) is 2.63. The molecule has 1 aliphatic carbocycles. The number of benzene rings is 4. The van der Waals surface area contributed by atoms with Gasteiger partial charge in [-0.1, -0.05) is 54.6 Å². The highest BCUT2D eigenvalue weighted by Gasteiger charge is 2.46. The van der Waals surface area contributed by atoms with Gasteiger partial charge in [-0.25, -0.2) is 0 Å². The molecule has 3 fully saturated rings. The molecule has 3 aliphatic heterocycles. The van der Waals surface area contributed by atoms with E-state index in [9.17, 15) is 0 Å². The van der Waals surface area contributed by atoms with Crippen LogP contribution in [0.3, 0.4) is 0 Å². The molecule has 4 aliphatic rings. The highest BCUT2D eigenvalue weighted by molar-refractivity contribution is 5.87. The summed E-state index contributed by atoms with van der Waals surface area (Å²) < 4.78 is 34.4. The fourth-order valence-electron chi connectivity index (χ4n) is 6.37. The van der Waals surface area contributed by atoms with Crippen LogP contribution in [0.1, 0.15) is 41.5 Å². The number of hydrogen-bond acceptors (Lipinski definition) is 6. The normalized spacial score (nSPS) is 24.1. The van der Waals surface area contributed by atoms with Gasteiger partial charge in [-0.2, -0.15) is 0 Å². The predicted octanol–water partition coefficient (Wildman–Crippen LogP) is 6.55. The quantitative estimate of drug-likeness (QED) is 0.140. The predicted molar refractivity (Wildman–Crippen MR) is 163 cm³/mol. The number of fused-ring (bicyclic) bond motifs is 3. The molecule has 6 nitrogen and oxygen atoms in total. The molecular weight excluding hydrogens is 540 g/mol. The summed E-state index contributed by atoms with van der Waals surface area (Å²) in [7, 11) is 0. The third kappa shape index (κ3) is 5.51. The Morgan fingerprint density at radius 3 is 1.47 bits per heavy atom. The Labute approximate surface area is 252 Å². The molecule has 0 radical (unpaired) electrons. The first-order chi connectivity index (χ1) is 21.3. The van der Waals surface area contributed by atoms with Gasteiger partial charge in [-0.15, -0.1) is 0 Å². The second kappa shape index (κ2) is 11.3. The minimum absolute atomic E-state index is 0.353. The first-order valence-corrected chi connectivity index (χ1v) is 15.5. The molecule has 0 amide bonds. The number of hydrogen-bond donors (Lipinski definition) is 0. The van der Waals surface area contributed by atoms with E-state index in [0.29, 0.717) is 38.1 Å². The van der Waals surface area contributed by atoms with Gasteiger partial charge in [-0.3, -0.25) is 0 Å². The summed E-state index contributed by atoms with van der Waals surface area (Å²) in [6.07, 6.45) is 3.84. The maximum atomic E-state index is 6.19. The van der Waals surface area contributed by atoms with Crippen LogP contribution in [0.15, 0.2) is 91.0 Å². The van der Waals surface area contributed by atoms with Crippen LogP contribution in [0.25, 0.3) is 11.1 Å². The number of ether oxygens (including phenoxy) is 6. The van der Waals surface area contributed by atoms with E-state index in [-0.39, 0.29) is 0 Å². The van der Waals surface area contributed by atoms with Crippen LogP contribution in [0.4, 0.5) is 0 Å². The Kier molecular flexibility index (Phi) is 7.06. The summed E-state index contributed by atoms with van der Waals surface area (Å²) in [6, 6.07) is 32.6. The van der Waals surface area contributed by atoms with E-state index >= 15 is 0 Å². The molecule has 0 aromatic heterocycles. The third-order valence-electron chi connectivity index (χ3n) is 8.92. The Bertz CT molecular complexity index is 1510. The maximum absolute atomic E-state index is 6.19. The van der Waals surface area contributed by atoms with E-state index in [2.05, 4.69) is 91.0 Å². The van der Waals surface area contributed by atoms with Gasteiger partial charge in [0.1, 0.15) is 17.2 Å². The van der Waals surface area contributed by atoms with Crippen LogP contribution in [0.5, 0.6) is 17.2 Å². The lowest BCUT2D eigenvalue weighted by Crippen LogP contribution is -2.28. The van der Waals surface area contributed by atoms with E-state index in [1.165, 1.54) is 33.4 Å². The summed E-state index contributed by atoms with van der Waals surface area (Å²) in [4.78, 5) is 0. The summed E-state index contributed by atoms with van der Waals surface area (Å²) in [5, 5.41) is 0. The Balaban J connectivity index is 1.17. The van der Waals surface area contributed by atoms with E-state index in [0.717, 1.165) is 56.3 Å². The monoisotopic (exact) mass is 576 g/mol. The molecule has 4 aromatic carbocycles. The van der Waals surface area contributed by atoms with Crippen LogP contribution in [0.2, 0.25) is 0 Å². The van der Waals surface area contributed by atoms with Crippen molar-refractivity contribution in [3.05, 3.63) is 113 Å². The summed E-state index contributed by atoms with van der Waals surface area (Å²) >= 11 is 0. The van der Waals surface area contributed by atoms with Crippen molar-refractivity contribution in [2.75, 3.05) is 39.6 Å². The molecule has 220 valence electrons. The third-order valence-corrected chi connectivity index (χ3v) is 8.92. The number of rotatable bonds is 14. The molecule has 0 spiro atoms. The van der Waals surface area contributed by atoms with E-state index in [1.807, 2.05) is 0 Å². The van der Waals surface area contributed by atoms with Crippen molar-refractivity contribution in [2.24, 2.45) is 0 Å². The molecule has 4 aromatic rings. The molecule has 3 atom stereocenters. The van der Waals surface area contributed by atoms with Crippen molar-refractivity contribution in [3.8, 4) is 28.4 Å². The summed E-state index contributed by atoms with van der Waals surface area (Å²) in [5.41, 5.74) is 6.80. The highest BCUT2D eigenvalue weighted by atomic mass is 16.6. The molecule has 3 heterocycles. The van der Waals surface area contributed by atoms with Crippen molar-refractivity contribution in [3.63, 3.8) is 0 Å². The lowest BCUT2D eigenvalue weighted by atomic mass is 9.67. The Morgan fingerprint density at radius 1 is 0.512 bits per heavy atom. The fraction of sp³-hybridized carbons (Fsp3) is 0.351. The standard InChI is InChI=1S/C37H36O6/c1-2-4-35-33(3-1)34-21-29(40-20-17-32-24-43-32)13-14-36(34)37(35,25-5-9-27(10-6-25)38-18-15-30-22-41-30)26-7-11-28(12-8-26)39-19-16-31-23-42-31/h1-14,21,30-32H,15-20,22-24H2. The molecule has 0 bridgehead atoms. The van der Waals surface area contributed by atoms with Gasteiger partial charge in [0, 0.05) is 19.3 Å². The van der Waals surface area contributed by atoms with Crippen LogP contribution in [-0.2, 0) is 19.6 Å². The molecule has 0 saturated carbocycles. The van der Waals surface area contributed by atoms with Crippen LogP contribution >= 0.6 is 0 Å². The average Bonchev–Trinajstić information content (AvgIpc) is 3.89. The molecule has 43 heavy (non-hydrogen) atoms. The second-order valence-electron chi connectivity index (χ2n) is 11.8. The maximum Gasteiger partial charge on any atom is 0.119 e. The summed E-state index contributed by atoms with van der Waals surface area (Å²) in [6.45, 7) is 4.52. The molecule has 3 unspecified atom stereocenters. The minimum Gasteiger partial charge on any atom is -0.493 e. The van der Waals surface area contributed by atoms with Gasteiger partial charge in [0.15, 0.2) is 0 Å². The van der Waals surface area contributed by atoms with Gasteiger partial charge in [0.2, 0.25) is 0 Å². The molecular formula is C37H36O6. The molecule has 8 rings (SSSR count). The van der Waals surface area contributed by atoms with Gasteiger partial charge in [-0.05, 0) is 69.8 Å². The SMILES string of the molecule is c1ccc2c(c1)-c1cc(OCCC3CO3)ccc1C2(c1ccc(OCCC2CO2)cc1)c1ccc(OCCC2CO2)cc1. The second-order valence-corrected chi connectivity index (χ2v) is 11.8. The van der Waals surface area contributed by atoms with Crippen LogP contribution in [-0.4, -0.2) is 58.0 Å².